The zero-order valence-electron chi connectivity index (χ0n) is 11.1. The van der Waals surface area contributed by atoms with Gasteiger partial charge in [0, 0.05) is 5.02 Å². The van der Waals surface area contributed by atoms with Crippen LogP contribution in [-0.4, -0.2) is 16.8 Å². The molecule has 0 aliphatic rings. The van der Waals surface area contributed by atoms with Gasteiger partial charge in [-0.25, -0.2) is 26.4 Å². The minimum atomic E-state index is -4.22. The number of hydrogen-bond acceptors (Lipinski definition) is 4. The second kappa shape index (κ2) is 6.25. The maximum absolute atomic E-state index is 13.9. The summed E-state index contributed by atoms with van der Waals surface area (Å²) in [6, 6.07) is 6.28. The van der Waals surface area contributed by atoms with Crippen LogP contribution in [0.4, 0.5) is 10.1 Å². The number of primary sulfonamides is 1. The topological polar surface area (TPSA) is 106 Å². The Morgan fingerprint density at radius 1 is 1.00 bits per heavy atom. The zero-order chi connectivity index (χ0) is 17.4. The van der Waals surface area contributed by atoms with Crippen molar-refractivity contribution in [1.29, 1.82) is 0 Å². The minimum absolute atomic E-state index is 0.108. The van der Waals surface area contributed by atoms with Crippen LogP contribution in [0.25, 0.3) is 0 Å². The Hall–Kier alpha value is -1.39. The van der Waals surface area contributed by atoms with Gasteiger partial charge in [0.25, 0.3) is 10.0 Å². The summed E-state index contributed by atoms with van der Waals surface area (Å²) in [6.07, 6.45) is 0. The first kappa shape index (κ1) is 18.0. The first-order valence-corrected chi connectivity index (χ1v) is 9.59. The molecule has 23 heavy (non-hydrogen) atoms. The second-order valence-corrected chi connectivity index (χ2v) is 8.42. The molecule has 0 aliphatic heterocycles. The van der Waals surface area contributed by atoms with Crippen LogP contribution in [0.5, 0.6) is 0 Å². The molecular formula is C12H9Cl2FN2O4S2. The lowest BCUT2D eigenvalue weighted by Crippen LogP contribution is -2.16. The molecule has 0 aliphatic carbocycles. The normalized spacial score (nSPS) is 12.2. The summed E-state index contributed by atoms with van der Waals surface area (Å²) < 4.78 is 62.6. The van der Waals surface area contributed by atoms with Crippen LogP contribution >= 0.6 is 23.2 Å². The Kier molecular flexibility index (Phi) is 4.88. The molecule has 0 amide bonds. The smallest absolute Gasteiger partial charge is 0.263 e. The van der Waals surface area contributed by atoms with Crippen molar-refractivity contribution in [1.82, 2.24) is 0 Å². The highest BCUT2D eigenvalue weighted by Gasteiger charge is 2.21. The number of sulfonamides is 2. The van der Waals surface area contributed by atoms with Crippen LogP contribution in [-0.2, 0) is 20.0 Å². The van der Waals surface area contributed by atoms with Crippen molar-refractivity contribution in [2.45, 2.75) is 9.79 Å². The van der Waals surface area contributed by atoms with Crippen molar-refractivity contribution in [2.24, 2.45) is 5.14 Å². The lowest BCUT2D eigenvalue weighted by molar-refractivity contribution is 0.592. The SMILES string of the molecule is NS(=O)(=O)c1ccc(NS(=O)(=O)c2cc(Cl)ccc2Cl)c(F)c1. The molecule has 0 radical (unpaired) electrons. The molecule has 2 rings (SSSR count). The standard InChI is InChI=1S/C12H9Cl2FN2O4S2/c13-7-1-3-9(14)12(5-7)23(20,21)17-11-4-2-8(6-10(11)15)22(16,18)19/h1-6,17H,(H2,16,18,19). The molecule has 0 saturated heterocycles. The number of benzene rings is 2. The number of rotatable bonds is 4. The van der Waals surface area contributed by atoms with Crippen LogP contribution in [0.3, 0.4) is 0 Å². The third-order valence-corrected chi connectivity index (χ3v) is 5.69. The van der Waals surface area contributed by atoms with Crippen molar-refractivity contribution in [3.63, 3.8) is 0 Å². The fourth-order valence-electron chi connectivity index (χ4n) is 1.64. The fraction of sp³-hybridized carbons (Fsp3) is 0. The summed E-state index contributed by atoms with van der Waals surface area (Å²) in [5.74, 6) is -1.11. The average molecular weight is 399 g/mol. The van der Waals surface area contributed by atoms with Crippen LogP contribution < -0.4 is 9.86 Å². The second-order valence-electron chi connectivity index (χ2n) is 4.37. The first-order valence-electron chi connectivity index (χ1n) is 5.81. The molecule has 0 saturated carbocycles. The van der Waals surface area contributed by atoms with Gasteiger partial charge in [-0.3, -0.25) is 4.72 Å². The highest BCUT2D eigenvalue weighted by molar-refractivity contribution is 7.92. The molecule has 0 fully saturated rings. The van der Waals surface area contributed by atoms with Gasteiger partial charge in [-0.2, -0.15) is 0 Å². The Balaban J connectivity index is 2.44. The number of nitrogens with one attached hydrogen (secondary N) is 1. The highest BCUT2D eigenvalue weighted by atomic mass is 35.5. The molecular weight excluding hydrogens is 390 g/mol. The van der Waals surface area contributed by atoms with E-state index in [2.05, 4.69) is 0 Å². The summed E-state index contributed by atoms with van der Waals surface area (Å²) in [5.41, 5.74) is -0.464. The highest BCUT2D eigenvalue weighted by Crippen LogP contribution is 2.28. The predicted octanol–water partition coefficient (Wildman–Crippen LogP) is 2.58. The molecule has 0 atom stereocenters. The summed E-state index contributed by atoms with van der Waals surface area (Å²) in [7, 11) is -8.33. The molecule has 0 bridgehead atoms. The van der Waals surface area contributed by atoms with E-state index in [1.807, 2.05) is 4.72 Å². The third kappa shape index (κ3) is 4.12. The van der Waals surface area contributed by atoms with Gasteiger partial charge in [0.1, 0.15) is 10.7 Å². The lowest BCUT2D eigenvalue weighted by atomic mass is 10.3. The first-order chi connectivity index (χ1) is 10.5. The van der Waals surface area contributed by atoms with Crippen molar-refractivity contribution in [3.8, 4) is 0 Å². The quantitative estimate of drug-likeness (QED) is 0.824. The Labute approximate surface area is 142 Å². The van der Waals surface area contributed by atoms with Gasteiger partial charge >= 0.3 is 0 Å². The summed E-state index contributed by atoms with van der Waals surface area (Å²) >= 11 is 11.5. The molecule has 0 heterocycles. The number of halogens is 3. The van der Waals surface area contributed by atoms with Gasteiger partial charge in [0.2, 0.25) is 10.0 Å². The number of nitrogens with two attached hydrogens (primary N) is 1. The van der Waals surface area contributed by atoms with Crippen LogP contribution in [0, 0.1) is 5.82 Å². The van der Waals surface area contributed by atoms with E-state index in [1.54, 1.807) is 0 Å². The third-order valence-electron chi connectivity index (χ3n) is 2.70. The van der Waals surface area contributed by atoms with E-state index in [4.69, 9.17) is 28.3 Å². The molecule has 6 nitrogen and oxygen atoms in total. The van der Waals surface area contributed by atoms with Crippen molar-refractivity contribution >= 4 is 48.9 Å². The van der Waals surface area contributed by atoms with E-state index >= 15 is 0 Å². The molecule has 0 aromatic heterocycles. The van der Waals surface area contributed by atoms with E-state index in [-0.39, 0.29) is 14.9 Å². The maximum Gasteiger partial charge on any atom is 0.263 e. The molecule has 0 spiro atoms. The van der Waals surface area contributed by atoms with E-state index in [0.717, 1.165) is 18.2 Å². The van der Waals surface area contributed by atoms with Gasteiger partial charge < -0.3 is 0 Å². The van der Waals surface area contributed by atoms with Crippen molar-refractivity contribution in [3.05, 3.63) is 52.3 Å². The average Bonchev–Trinajstić information content (AvgIpc) is 2.42. The molecule has 3 N–H and O–H groups in total. The van der Waals surface area contributed by atoms with Gasteiger partial charge in [-0.15, -0.1) is 0 Å². The van der Waals surface area contributed by atoms with Gasteiger partial charge in [0.15, 0.2) is 0 Å². The Morgan fingerprint density at radius 2 is 1.65 bits per heavy atom. The van der Waals surface area contributed by atoms with E-state index in [1.165, 1.54) is 12.1 Å². The lowest BCUT2D eigenvalue weighted by Gasteiger charge is -2.11. The molecule has 0 unspecified atom stereocenters. The molecule has 2 aromatic rings. The van der Waals surface area contributed by atoms with Crippen LogP contribution in [0.1, 0.15) is 0 Å². The molecule has 2 aromatic carbocycles. The maximum atomic E-state index is 13.9. The summed E-state index contributed by atoms with van der Waals surface area (Å²) in [4.78, 5) is -0.833. The minimum Gasteiger partial charge on any atom is -0.277 e. The van der Waals surface area contributed by atoms with Crippen LogP contribution in [0.2, 0.25) is 10.0 Å². The van der Waals surface area contributed by atoms with Gasteiger partial charge in [-0.1, -0.05) is 23.2 Å². The number of hydrogen-bond donors (Lipinski definition) is 2. The summed E-state index contributed by atoms with van der Waals surface area (Å²) in [5, 5.41) is 4.88. The number of anilines is 1. The Morgan fingerprint density at radius 3 is 2.22 bits per heavy atom. The zero-order valence-corrected chi connectivity index (χ0v) is 14.3. The predicted molar refractivity (Wildman–Crippen MR) is 85.0 cm³/mol. The molecule has 124 valence electrons. The van der Waals surface area contributed by atoms with Crippen molar-refractivity contribution in [2.75, 3.05) is 4.72 Å². The van der Waals surface area contributed by atoms with Gasteiger partial charge in [0.05, 0.1) is 15.6 Å². The van der Waals surface area contributed by atoms with Crippen LogP contribution in [0.15, 0.2) is 46.2 Å². The van der Waals surface area contributed by atoms with E-state index in [0.29, 0.717) is 6.07 Å². The monoisotopic (exact) mass is 398 g/mol. The van der Waals surface area contributed by atoms with Crippen molar-refractivity contribution < 1.29 is 21.2 Å². The van der Waals surface area contributed by atoms with E-state index in [9.17, 15) is 21.2 Å². The van der Waals surface area contributed by atoms with Gasteiger partial charge in [-0.05, 0) is 36.4 Å². The molecule has 11 heteroatoms. The fourth-order valence-corrected chi connectivity index (χ4v) is 3.99. The largest absolute Gasteiger partial charge is 0.277 e. The van der Waals surface area contributed by atoms with E-state index < -0.39 is 36.4 Å². The summed E-state index contributed by atoms with van der Waals surface area (Å²) in [6.45, 7) is 0. The Bertz CT molecular complexity index is 979.